The lowest BCUT2D eigenvalue weighted by molar-refractivity contribution is -0.137. The molecule has 0 aromatic carbocycles. The molecule has 0 N–H and O–H groups in total. The topological polar surface area (TPSA) is 47.3 Å². The molecule has 0 bridgehead atoms. The molecule has 4 nitrogen and oxygen atoms in total. The van der Waals surface area contributed by atoms with E-state index in [4.69, 9.17) is 5.26 Å². The lowest BCUT2D eigenvalue weighted by Crippen LogP contribution is -2.50. The average Bonchev–Trinajstić information content (AvgIpc) is 3.09. The van der Waals surface area contributed by atoms with Crippen molar-refractivity contribution in [2.45, 2.75) is 44.2 Å². The Bertz CT molecular complexity index is 306. The second kappa shape index (κ2) is 4.84. The fourth-order valence-corrected chi connectivity index (χ4v) is 2.43. The number of likely N-dealkylation sites (N-methyl/N-ethyl adjacent to an activating group) is 1. The summed E-state index contributed by atoms with van der Waals surface area (Å²) in [5, 5.41) is 8.77. The predicted octanol–water partition coefficient (Wildman–Crippen LogP) is 0.985. The maximum Gasteiger partial charge on any atom is 0.241 e. The lowest BCUT2D eigenvalue weighted by Gasteiger charge is -2.34. The highest BCUT2D eigenvalue weighted by atomic mass is 16.2. The van der Waals surface area contributed by atoms with Gasteiger partial charge in [-0.3, -0.25) is 9.69 Å². The van der Waals surface area contributed by atoms with Gasteiger partial charge in [-0.25, -0.2) is 0 Å². The van der Waals surface area contributed by atoms with E-state index in [2.05, 4.69) is 11.0 Å². The van der Waals surface area contributed by atoms with Crippen LogP contribution in [-0.2, 0) is 4.79 Å². The van der Waals surface area contributed by atoms with Crippen molar-refractivity contribution in [1.82, 2.24) is 9.80 Å². The van der Waals surface area contributed by atoms with Gasteiger partial charge in [-0.2, -0.15) is 5.26 Å². The zero-order valence-corrected chi connectivity index (χ0v) is 9.85. The minimum absolute atomic E-state index is 0.0164. The number of carbonyl (C=O) groups excluding carboxylic acids is 1. The summed E-state index contributed by atoms with van der Waals surface area (Å²) in [4.78, 5) is 16.2. The Balaban J connectivity index is 2.00. The molecule has 0 aromatic heterocycles. The largest absolute Gasteiger partial charge is 0.325 e. The van der Waals surface area contributed by atoms with E-state index in [1.54, 1.807) is 4.90 Å². The molecule has 1 amide bonds. The van der Waals surface area contributed by atoms with Crippen LogP contribution in [0.15, 0.2) is 0 Å². The van der Waals surface area contributed by atoms with Gasteiger partial charge in [-0.15, -0.1) is 0 Å². The van der Waals surface area contributed by atoms with E-state index in [1.807, 2.05) is 7.05 Å². The first-order chi connectivity index (χ1) is 7.74. The zero-order chi connectivity index (χ0) is 11.5. The maximum atomic E-state index is 12.3. The SMILES string of the molecule is CN1CCCCC1C(=O)N(CC#N)C1CC1. The maximum absolute atomic E-state index is 12.3. The number of hydrogen-bond donors (Lipinski definition) is 0. The van der Waals surface area contributed by atoms with Crippen molar-refractivity contribution in [1.29, 1.82) is 5.26 Å². The van der Waals surface area contributed by atoms with Gasteiger partial charge in [-0.05, 0) is 39.3 Å². The number of carbonyl (C=O) groups is 1. The summed E-state index contributed by atoms with van der Waals surface area (Å²) < 4.78 is 0. The molecule has 16 heavy (non-hydrogen) atoms. The molecule has 0 aromatic rings. The molecule has 1 saturated heterocycles. The van der Waals surface area contributed by atoms with Crippen LogP contribution in [0.2, 0.25) is 0 Å². The Morgan fingerprint density at radius 2 is 2.19 bits per heavy atom. The van der Waals surface area contributed by atoms with Crippen LogP contribution >= 0.6 is 0 Å². The Labute approximate surface area is 96.8 Å². The molecule has 1 atom stereocenters. The Kier molecular flexibility index (Phi) is 3.45. The van der Waals surface area contributed by atoms with Crippen molar-refractivity contribution in [3.8, 4) is 6.07 Å². The Morgan fingerprint density at radius 1 is 1.44 bits per heavy atom. The van der Waals surface area contributed by atoms with Crippen molar-refractivity contribution < 1.29 is 4.79 Å². The third-order valence-electron chi connectivity index (χ3n) is 3.57. The first-order valence-corrected chi connectivity index (χ1v) is 6.11. The van der Waals surface area contributed by atoms with Gasteiger partial charge in [0.2, 0.25) is 5.91 Å². The number of nitriles is 1. The minimum Gasteiger partial charge on any atom is -0.325 e. The van der Waals surface area contributed by atoms with Crippen molar-refractivity contribution in [2.24, 2.45) is 0 Å². The fourth-order valence-electron chi connectivity index (χ4n) is 2.43. The smallest absolute Gasteiger partial charge is 0.241 e. The van der Waals surface area contributed by atoms with Gasteiger partial charge >= 0.3 is 0 Å². The van der Waals surface area contributed by atoms with Crippen molar-refractivity contribution in [3.05, 3.63) is 0 Å². The molecule has 2 rings (SSSR count). The Morgan fingerprint density at radius 3 is 2.75 bits per heavy atom. The van der Waals surface area contributed by atoms with Crippen LogP contribution in [0, 0.1) is 11.3 Å². The van der Waals surface area contributed by atoms with Crippen LogP contribution < -0.4 is 0 Å². The van der Waals surface area contributed by atoms with E-state index < -0.39 is 0 Å². The van der Waals surface area contributed by atoms with Gasteiger partial charge in [0, 0.05) is 6.04 Å². The van der Waals surface area contributed by atoms with Crippen LogP contribution in [0.4, 0.5) is 0 Å². The van der Waals surface area contributed by atoms with E-state index in [1.165, 1.54) is 6.42 Å². The third-order valence-corrected chi connectivity index (χ3v) is 3.57. The average molecular weight is 221 g/mol. The summed E-state index contributed by atoms with van der Waals surface area (Å²) in [7, 11) is 2.01. The number of piperidine rings is 1. The van der Waals surface area contributed by atoms with Crippen molar-refractivity contribution in [2.75, 3.05) is 20.1 Å². The number of rotatable bonds is 3. The summed E-state index contributed by atoms with van der Waals surface area (Å²) in [5.41, 5.74) is 0. The number of hydrogen-bond acceptors (Lipinski definition) is 3. The monoisotopic (exact) mass is 221 g/mol. The van der Waals surface area contributed by atoms with Gasteiger partial charge in [0.05, 0.1) is 12.1 Å². The van der Waals surface area contributed by atoms with E-state index in [-0.39, 0.29) is 18.5 Å². The summed E-state index contributed by atoms with van der Waals surface area (Å²) in [6, 6.07) is 2.48. The third kappa shape index (κ3) is 2.35. The molecule has 1 unspecified atom stereocenters. The van der Waals surface area contributed by atoms with Crippen molar-refractivity contribution >= 4 is 5.91 Å². The number of amides is 1. The Hall–Kier alpha value is -1.08. The summed E-state index contributed by atoms with van der Waals surface area (Å²) in [6.07, 6.45) is 5.41. The van der Waals surface area contributed by atoms with Crippen LogP contribution in [0.5, 0.6) is 0 Å². The number of nitrogens with zero attached hydrogens (tertiary/aromatic N) is 3. The summed E-state index contributed by atoms with van der Waals surface area (Å²) in [6.45, 7) is 1.26. The van der Waals surface area contributed by atoms with Gasteiger partial charge in [-0.1, -0.05) is 6.42 Å². The minimum atomic E-state index is 0.0164. The van der Waals surface area contributed by atoms with Gasteiger partial charge < -0.3 is 4.90 Å². The molecule has 0 radical (unpaired) electrons. The molecule has 1 aliphatic heterocycles. The van der Waals surface area contributed by atoms with Crippen LogP contribution in [0.1, 0.15) is 32.1 Å². The highest BCUT2D eigenvalue weighted by Gasteiger charge is 2.37. The van der Waals surface area contributed by atoms with Crippen LogP contribution in [0.3, 0.4) is 0 Å². The van der Waals surface area contributed by atoms with Crippen LogP contribution in [0.25, 0.3) is 0 Å². The van der Waals surface area contributed by atoms with E-state index in [9.17, 15) is 4.79 Å². The second-order valence-corrected chi connectivity index (χ2v) is 4.85. The highest BCUT2D eigenvalue weighted by molar-refractivity contribution is 5.82. The molecule has 2 aliphatic rings. The standard InChI is InChI=1S/C12H19N3O/c1-14-8-3-2-4-11(14)12(16)15(9-7-13)10-5-6-10/h10-11H,2-6,8-9H2,1H3. The summed E-state index contributed by atoms with van der Waals surface area (Å²) >= 11 is 0. The molecule has 88 valence electrons. The molecule has 2 fully saturated rings. The number of likely N-dealkylation sites (tertiary alicyclic amines) is 1. The molecule has 1 aliphatic carbocycles. The predicted molar refractivity (Wildman–Crippen MR) is 60.6 cm³/mol. The summed E-state index contributed by atoms with van der Waals surface area (Å²) in [5.74, 6) is 0.172. The van der Waals surface area contributed by atoms with E-state index >= 15 is 0 Å². The van der Waals surface area contributed by atoms with Gasteiger partial charge in [0.1, 0.15) is 6.54 Å². The van der Waals surface area contributed by atoms with E-state index in [0.717, 1.165) is 32.2 Å². The van der Waals surface area contributed by atoms with Crippen molar-refractivity contribution in [3.63, 3.8) is 0 Å². The normalized spacial score (nSPS) is 26.1. The lowest BCUT2D eigenvalue weighted by atomic mass is 10.0. The molecular weight excluding hydrogens is 202 g/mol. The second-order valence-electron chi connectivity index (χ2n) is 4.85. The van der Waals surface area contributed by atoms with Crippen LogP contribution in [-0.4, -0.2) is 47.9 Å². The molecule has 1 heterocycles. The molecule has 4 heteroatoms. The molecule has 0 spiro atoms. The first kappa shape index (κ1) is 11.4. The molecular formula is C12H19N3O. The molecule has 1 saturated carbocycles. The fraction of sp³-hybridized carbons (Fsp3) is 0.833. The first-order valence-electron chi connectivity index (χ1n) is 6.11. The van der Waals surface area contributed by atoms with Gasteiger partial charge in [0.25, 0.3) is 0 Å². The highest BCUT2D eigenvalue weighted by Crippen LogP contribution is 2.28. The quantitative estimate of drug-likeness (QED) is 0.668. The van der Waals surface area contributed by atoms with E-state index in [0.29, 0.717) is 6.04 Å². The van der Waals surface area contributed by atoms with Gasteiger partial charge in [0.15, 0.2) is 0 Å². The zero-order valence-electron chi connectivity index (χ0n) is 9.85.